The second kappa shape index (κ2) is 4.02. The number of amidine groups is 1. The average molecular weight is 211 g/mol. The Labute approximate surface area is 85.1 Å². The van der Waals surface area contributed by atoms with E-state index in [2.05, 4.69) is 15.3 Å². The van der Waals surface area contributed by atoms with Gasteiger partial charge in [-0.2, -0.15) is 4.99 Å². The van der Waals surface area contributed by atoms with Gasteiger partial charge >= 0.3 is 5.91 Å². The lowest BCUT2D eigenvalue weighted by molar-refractivity contribution is -0.131. The Morgan fingerprint density at radius 1 is 1.50 bits per heavy atom. The first-order valence-corrected chi connectivity index (χ1v) is 5.35. The molecule has 2 rings (SSSR count). The van der Waals surface area contributed by atoms with Crippen LogP contribution in [0.3, 0.4) is 0 Å². The van der Waals surface area contributed by atoms with Crippen molar-refractivity contribution in [1.82, 2.24) is 5.32 Å². The number of nitrogens with one attached hydrogen (secondary N) is 1. The average Bonchev–Trinajstić information content (AvgIpc) is 2.23. The van der Waals surface area contributed by atoms with Gasteiger partial charge in [0.1, 0.15) is 5.84 Å². The van der Waals surface area contributed by atoms with E-state index < -0.39 is 11.7 Å². The largest absolute Gasteiger partial charge is 0.320 e. The summed E-state index contributed by atoms with van der Waals surface area (Å²) in [5.41, 5.74) is 0. The molecule has 5 nitrogen and oxygen atoms in total. The SMILES string of the molecule is O=C1C=NC(C2CNCCS2)=NC1=O. The van der Waals surface area contributed by atoms with Crippen molar-refractivity contribution in [1.29, 1.82) is 0 Å². The molecule has 1 atom stereocenters. The highest BCUT2D eigenvalue weighted by Crippen LogP contribution is 2.16. The number of carbonyl (C=O) groups is 2. The molecular formula is C8H9N3O2S. The zero-order chi connectivity index (χ0) is 9.97. The first-order chi connectivity index (χ1) is 6.77. The Morgan fingerprint density at radius 3 is 3.00 bits per heavy atom. The van der Waals surface area contributed by atoms with Crippen LogP contribution in [-0.2, 0) is 9.59 Å². The van der Waals surface area contributed by atoms with Crippen LogP contribution in [0.15, 0.2) is 9.98 Å². The maximum Gasteiger partial charge on any atom is 0.320 e. The fourth-order valence-corrected chi connectivity index (χ4v) is 2.30. The molecule has 2 heterocycles. The summed E-state index contributed by atoms with van der Waals surface area (Å²) in [6.07, 6.45) is 1.06. The number of aliphatic imine (C=N–C) groups is 2. The number of nitrogens with zero attached hydrogens (tertiary/aromatic N) is 2. The van der Waals surface area contributed by atoms with Crippen LogP contribution in [0.25, 0.3) is 0 Å². The van der Waals surface area contributed by atoms with Crippen molar-refractivity contribution in [2.24, 2.45) is 9.98 Å². The molecule has 0 spiro atoms. The Morgan fingerprint density at radius 2 is 2.36 bits per heavy atom. The van der Waals surface area contributed by atoms with E-state index in [0.717, 1.165) is 25.1 Å². The van der Waals surface area contributed by atoms with E-state index >= 15 is 0 Å². The lowest BCUT2D eigenvalue weighted by Crippen LogP contribution is -2.38. The summed E-state index contributed by atoms with van der Waals surface area (Å²) in [5.74, 6) is 0.0944. The van der Waals surface area contributed by atoms with Gasteiger partial charge in [-0.15, -0.1) is 11.8 Å². The minimum Gasteiger partial charge on any atom is -0.314 e. The molecule has 0 radical (unpaired) electrons. The molecule has 0 aromatic heterocycles. The van der Waals surface area contributed by atoms with Gasteiger partial charge in [0.25, 0.3) is 5.78 Å². The molecule has 0 saturated carbocycles. The van der Waals surface area contributed by atoms with E-state index in [1.807, 2.05) is 0 Å². The molecule has 1 amide bonds. The van der Waals surface area contributed by atoms with E-state index in [0.29, 0.717) is 5.84 Å². The van der Waals surface area contributed by atoms with E-state index in [4.69, 9.17) is 0 Å². The molecule has 0 aromatic carbocycles. The maximum atomic E-state index is 11.0. The van der Waals surface area contributed by atoms with E-state index in [9.17, 15) is 9.59 Å². The highest BCUT2D eigenvalue weighted by Gasteiger charge is 2.24. The summed E-state index contributed by atoms with van der Waals surface area (Å²) in [6.45, 7) is 1.72. The van der Waals surface area contributed by atoms with Gasteiger partial charge in [-0.1, -0.05) is 0 Å². The number of amides is 1. The van der Waals surface area contributed by atoms with Gasteiger partial charge in [0.2, 0.25) is 0 Å². The zero-order valence-electron chi connectivity index (χ0n) is 7.40. The minimum atomic E-state index is -0.707. The molecule has 2 aliphatic rings. The summed E-state index contributed by atoms with van der Waals surface area (Å²) in [4.78, 5) is 29.3. The van der Waals surface area contributed by atoms with Gasteiger partial charge in [-0.3, -0.25) is 9.59 Å². The van der Waals surface area contributed by atoms with Crippen LogP contribution in [0.4, 0.5) is 0 Å². The third kappa shape index (κ3) is 1.91. The second-order valence-electron chi connectivity index (χ2n) is 2.96. The third-order valence-corrected chi connectivity index (χ3v) is 3.18. The number of hydrogen-bond acceptors (Lipinski definition) is 5. The number of thioether (sulfide) groups is 1. The molecule has 0 bridgehead atoms. The van der Waals surface area contributed by atoms with Crippen LogP contribution in [0.5, 0.6) is 0 Å². The monoisotopic (exact) mass is 211 g/mol. The van der Waals surface area contributed by atoms with E-state index in [-0.39, 0.29) is 5.25 Å². The molecule has 1 fully saturated rings. The van der Waals surface area contributed by atoms with Crippen LogP contribution < -0.4 is 5.32 Å². The normalized spacial score (nSPS) is 27.7. The lowest BCUT2D eigenvalue weighted by atomic mass is 10.3. The Hall–Kier alpha value is -1.01. The van der Waals surface area contributed by atoms with Crippen LogP contribution in [0.1, 0.15) is 0 Å². The van der Waals surface area contributed by atoms with Crippen molar-refractivity contribution in [2.75, 3.05) is 18.8 Å². The smallest absolute Gasteiger partial charge is 0.314 e. The number of ketones is 1. The Kier molecular flexibility index (Phi) is 2.74. The van der Waals surface area contributed by atoms with Gasteiger partial charge in [0.05, 0.1) is 11.5 Å². The summed E-state index contributed by atoms with van der Waals surface area (Å²) in [5, 5.41) is 3.28. The molecule has 6 heteroatoms. The predicted molar refractivity (Wildman–Crippen MR) is 55.1 cm³/mol. The number of Topliss-reactive ketones (excluding diaryl/α,β-unsaturated/α-hetero) is 1. The molecule has 1 unspecified atom stereocenters. The third-order valence-electron chi connectivity index (χ3n) is 1.96. The Balaban J connectivity index is 2.11. The lowest BCUT2D eigenvalue weighted by Gasteiger charge is -2.22. The molecule has 74 valence electrons. The van der Waals surface area contributed by atoms with Crippen molar-refractivity contribution >= 4 is 35.5 Å². The highest BCUT2D eigenvalue weighted by molar-refractivity contribution is 8.00. The van der Waals surface area contributed by atoms with Gasteiger partial charge < -0.3 is 5.32 Å². The molecular weight excluding hydrogens is 202 g/mol. The van der Waals surface area contributed by atoms with Crippen molar-refractivity contribution in [2.45, 2.75) is 5.25 Å². The zero-order valence-corrected chi connectivity index (χ0v) is 8.21. The number of hydrogen-bond donors (Lipinski definition) is 1. The fraction of sp³-hybridized carbons (Fsp3) is 0.500. The quantitative estimate of drug-likeness (QED) is 0.580. The van der Waals surface area contributed by atoms with Gasteiger partial charge in [0, 0.05) is 18.8 Å². The summed E-state index contributed by atoms with van der Waals surface area (Å²) >= 11 is 1.70. The fourth-order valence-electron chi connectivity index (χ4n) is 1.25. The van der Waals surface area contributed by atoms with Gasteiger partial charge in [-0.05, 0) is 0 Å². The number of rotatable bonds is 1. The maximum absolute atomic E-state index is 11.0. The minimum absolute atomic E-state index is 0.0945. The summed E-state index contributed by atoms with van der Waals surface area (Å²) < 4.78 is 0. The summed E-state index contributed by atoms with van der Waals surface area (Å²) in [7, 11) is 0. The van der Waals surface area contributed by atoms with E-state index in [1.165, 1.54) is 0 Å². The molecule has 0 aromatic rings. The first kappa shape index (κ1) is 9.54. The van der Waals surface area contributed by atoms with Gasteiger partial charge in [0.15, 0.2) is 0 Å². The van der Waals surface area contributed by atoms with Crippen molar-refractivity contribution < 1.29 is 9.59 Å². The standard InChI is InChI=1S/C8H9N3O2S/c12-5-3-10-7(11-8(5)13)6-4-9-1-2-14-6/h3,6,9H,1-2,4H2. The van der Waals surface area contributed by atoms with Crippen LogP contribution in [0.2, 0.25) is 0 Å². The van der Waals surface area contributed by atoms with Crippen LogP contribution in [-0.4, -0.2) is 47.8 Å². The first-order valence-electron chi connectivity index (χ1n) is 4.30. The van der Waals surface area contributed by atoms with Crippen LogP contribution in [0, 0.1) is 0 Å². The predicted octanol–water partition coefficient (Wildman–Crippen LogP) is -0.730. The van der Waals surface area contributed by atoms with Gasteiger partial charge in [-0.25, -0.2) is 4.99 Å². The van der Waals surface area contributed by atoms with Crippen molar-refractivity contribution in [3.8, 4) is 0 Å². The highest BCUT2D eigenvalue weighted by atomic mass is 32.2. The van der Waals surface area contributed by atoms with E-state index in [1.54, 1.807) is 11.8 Å². The van der Waals surface area contributed by atoms with Crippen molar-refractivity contribution in [3.05, 3.63) is 0 Å². The van der Waals surface area contributed by atoms with Crippen molar-refractivity contribution in [3.63, 3.8) is 0 Å². The molecule has 1 N–H and O–H groups in total. The molecule has 2 aliphatic heterocycles. The molecule has 1 saturated heterocycles. The second-order valence-corrected chi connectivity index (χ2v) is 4.27. The Bertz CT molecular complexity index is 331. The molecule has 0 aliphatic carbocycles. The van der Waals surface area contributed by atoms with Crippen LogP contribution >= 0.6 is 11.8 Å². The molecule has 14 heavy (non-hydrogen) atoms. The topological polar surface area (TPSA) is 70.9 Å². The number of carbonyl (C=O) groups excluding carboxylic acids is 2. The summed E-state index contributed by atoms with van der Waals surface area (Å²) in [6, 6.07) is 0.